The lowest BCUT2D eigenvalue weighted by atomic mass is 10.1. The first kappa shape index (κ1) is 14.3. The molecule has 0 radical (unpaired) electrons. The molecule has 0 saturated carbocycles. The van der Waals surface area contributed by atoms with Gasteiger partial charge in [0.05, 0.1) is 11.5 Å². The summed E-state index contributed by atoms with van der Waals surface area (Å²) in [6, 6.07) is 8.69. The minimum atomic E-state index is -0.995. The van der Waals surface area contributed by atoms with Gasteiger partial charge in [-0.1, -0.05) is 12.1 Å². The minimum Gasteiger partial charge on any atom is -0.478 e. The van der Waals surface area contributed by atoms with Crippen LogP contribution in [0.25, 0.3) is 0 Å². The van der Waals surface area contributed by atoms with Gasteiger partial charge in [-0.15, -0.1) is 11.3 Å². The number of benzene rings is 1. The van der Waals surface area contributed by atoms with E-state index in [-0.39, 0.29) is 17.4 Å². The smallest absolute Gasteiger partial charge is 0.336 e. The van der Waals surface area contributed by atoms with Crippen molar-refractivity contribution in [2.75, 3.05) is 5.32 Å². The van der Waals surface area contributed by atoms with Gasteiger partial charge in [-0.2, -0.15) is 0 Å². The molecule has 0 aliphatic heterocycles. The van der Waals surface area contributed by atoms with Gasteiger partial charge in [-0.3, -0.25) is 4.79 Å². The Hall–Kier alpha value is -2.14. The number of anilines is 1. The summed E-state index contributed by atoms with van der Waals surface area (Å²) in [6.45, 7) is 3.55. The molecule has 0 unspecified atom stereocenters. The fourth-order valence-electron chi connectivity index (χ4n) is 1.85. The number of amides is 1. The Labute approximate surface area is 121 Å². The average Bonchev–Trinajstić information content (AvgIpc) is 2.93. The largest absolute Gasteiger partial charge is 0.478 e. The van der Waals surface area contributed by atoms with Crippen LogP contribution < -0.4 is 5.32 Å². The van der Waals surface area contributed by atoms with Crippen molar-refractivity contribution in [2.24, 2.45) is 0 Å². The number of aryl methyl sites for hydroxylation is 1. The molecule has 104 valence electrons. The first-order valence-corrected chi connectivity index (χ1v) is 7.05. The van der Waals surface area contributed by atoms with Gasteiger partial charge in [0, 0.05) is 10.6 Å². The van der Waals surface area contributed by atoms with Crippen LogP contribution in [-0.2, 0) is 4.79 Å². The van der Waals surface area contributed by atoms with Gasteiger partial charge in [0.2, 0.25) is 5.91 Å². The molecule has 4 nitrogen and oxygen atoms in total. The van der Waals surface area contributed by atoms with Crippen LogP contribution in [0.1, 0.15) is 33.6 Å². The number of carbonyl (C=O) groups is 2. The van der Waals surface area contributed by atoms with Crippen LogP contribution >= 0.6 is 11.3 Å². The number of hydrogen-bond acceptors (Lipinski definition) is 3. The lowest BCUT2D eigenvalue weighted by molar-refractivity contribution is -0.117. The molecule has 0 aliphatic rings. The Morgan fingerprint density at radius 3 is 2.65 bits per heavy atom. The van der Waals surface area contributed by atoms with Crippen molar-refractivity contribution in [3.05, 3.63) is 51.7 Å². The highest BCUT2D eigenvalue weighted by molar-refractivity contribution is 7.10. The molecule has 1 aromatic carbocycles. The number of hydrogen-bond donors (Lipinski definition) is 2. The predicted molar refractivity (Wildman–Crippen MR) is 79.5 cm³/mol. The lowest BCUT2D eigenvalue weighted by Crippen LogP contribution is -2.18. The number of aromatic carboxylic acids is 1. The zero-order valence-electron chi connectivity index (χ0n) is 11.2. The highest BCUT2D eigenvalue weighted by Crippen LogP contribution is 2.23. The predicted octanol–water partition coefficient (Wildman–Crippen LogP) is 3.50. The highest BCUT2D eigenvalue weighted by Gasteiger charge is 2.17. The molecule has 1 atom stereocenters. The fraction of sp³-hybridized carbons (Fsp3) is 0.200. The second kappa shape index (κ2) is 5.88. The zero-order valence-corrected chi connectivity index (χ0v) is 12.0. The van der Waals surface area contributed by atoms with Gasteiger partial charge in [0.15, 0.2) is 0 Å². The molecule has 0 spiro atoms. The van der Waals surface area contributed by atoms with Gasteiger partial charge >= 0.3 is 5.97 Å². The number of rotatable bonds is 4. The monoisotopic (exact) mass is 289 g/mol. The molecule has 2 N–H and O–H groups in total. The second-order valence-corrected chi connectivity index (χ2v) is 5.54. The summed E-state index contributed by atoms with van der Waals surface area (Å²) in [5, 5.41) is 13.8. The maximum Gasteiger partial charge on any atom is 0.336 e. The summed E-state index contributed by atoms with van der Waals surface area (Å²) in [4.78, 5) is 24.2. The summed E-state index contributed by atoms with van der Waals surface area (Å²) in [7, 11) is 0. The Morgan fingerprint density at radius 2 is 2.05 bits per heavy atom. The molecule has 1 aromatic heterocycles. The molecule has 1 heterocycles. The summed E-state index contributed by atoms with van der Waals surface area (Å²) in [6.07, 6.45) is 0. The molecule has 0 fully saturated rings. The molecule has 2 aromatic rings. The Kier molecular flexibility index (Phi) is 4.20. The third kappa shape index (κ3) is 3.05. The number of carboxylic acids is 1. The molecule has 20 heavy (non-hydrogen) atoms. The van der Waals surface area contributed by atoms with Crippen LogP contribution in [0.15, 0.2) is 35.7 Å². The maximum atomic E-state index is 12.1. The summed E-state index contributed by atoms with van der Waals surface area (Å²) in [5.41, 5.74) is 1.37. The Morgan fingerprint density at radius 1 is 1.30 bits per heavy atom. The van der Waals surface area contributed by atoms with Gasteiger partial charge < -0.3 is 10.4 Å². The van der Waals surface area contributed by atoms with Crippen LogP contribution in [0.4, 0.5) is 5.69 Å². The molecule has 5 heteroatoms. The summed E-state index contributed by atoms with van der Waals surface area (Å²) in [5.74, 6) is -1.40. The van der Waals surface area contributed by atoms with E-state index in [0.717, 1.165) is 4.88 Å². The van der Waals surface area contributed by atoms with Gasteiger partial charge in [0.1, 0.15) is 0 Å². The highest BCUT2D eigenvalue weighted by atomic mass is 32.1. The standard InChI is InChI=1S/C15H15NO3S/c1-9-5-6-11(8-12(9)15(18)19)16-14(17)10(2)13-4-3-7-20-13/h3-8,10H,1-2H3,(H,16,17)(H,18,19)/t10-/m1/s1. The van der Waals surface area contributed by atoms with E-state index < -0.39 is 5.97 Å². The third-order valence-corrected chi connectivity index (χ3v) is 4.15. The van der Waals surface area contributed by atoms with Gasteiger partial charge in [-0.05, 0) is 43.0 Å². The number of carbonyl (C=O) groups excluding carboxylic acids is 1. The molecule has 0 saturated heterocycles. The molecule has 0 bridgehead atoms. The van der Waals surface area contributed by atoms with E-state index in [0.29, 0.717) is 11.3 Å². The number of nitrogens with one attached hydrogen (secondary N) is 1. The van der Waals surface area contributed by atoms with Gasteiger partial charge in [-0.25, -0.2) is 4.79 Å². The van der Waals surface area contributed by atoms with Gasteiger partial charge in [0.25, 0.3) is 0 Å². The first-order chi connectivity index (χ1) is 9.49. The SMILES string of the molecule is Cc1ccc(NC(=O)[C@H](C)c2cccs2)cc1C(=O)O. The third-order valence-electron chi connectivity index (χ3n) is 3.10. The van der Waals surface area contributed by atoms with Crippen LogP contribution in [0.3, 0.4) is 0 Å². The van der Waals surface area contributed by atoms with Crippen LogP contribution in [0, 0.1) is 6.92 Å². The van der Waals surface area contributed by atoms with E-state index in [9.17, 15) is 9.59 Å². The van der Waals surface area contributed by atoms with Crippen molar-refractivity contribution in [3.8, 4) is 0 Å². The molecule has 1 amide bonds. The van der Waals surface area contributed by atoms with Crippen molar-refractivity contribution < 1.29 is 14.7 Å². The van der Waals surface area contributed by atoms with Crippen LogP contribution in [0.2, 0.25) is 0 Å². The maximum absolute atomic E-state index is 12.1. The second-order valence-electron chi connectivity index (χ2n) is 4.56. The van der Waals surface area contributed by atoms with E-state index in [1.807, 2.05) is 24.4 Å². The molecular formula is C15H15NO3S. The summed E-state index contributed by atoms with van der Waals surface area (Å²) >= 11 is 1.53. The minimum absolute atomic E-state index is 0.146. The molecule has 0 aliphatic carbocycles. The topological polar surface area (TPSA) is 66.4 Å². The Bertz CT molecular complexity index is 635. The first-order valence-electron chi connectivity index (χ1n) is 6.17. The molecular weight excluding hydrogens is 274 g/mol. The van der Waals surface area contributed by atoms with E-state index in [1.54, 1.807) is 19.1 Å². The van der Waals surface area contributed by atoms with Crippen molar-refractivity contribution in [2.45, 2.75) is 19.8 Å². The Balaban J connectivity index is 2.16. The van der Waals surface area contributed by atoms with E-state index in [2.05, 4.69) is 5.32 Å². The van der Waals surface area contributed by atoms with Crippen LogP contribution in [0.5, 0.6) is 0 Å². The van der Waals surface area contributed by atoms with Crippen LogP contribution in [-0.4, -0.2) is 17.0 Å². The molecule has 2 rings (SSSR count). The van der Waals surface area contributed by atoms with E-state index >= 15 is 0 Å². The normalized spacial score (nSPS) is 11.9. The lowest BCUT2D eigenvalue weighted by Gasteiger charge is -2.12. The van der Waals surface area contributed by atoms with Crippen molar-refractivity contribution >= 4 is 28.9 Å². The summed E-state index contributed by atoms with van der Waals surface area (Å²) < 4.78 is 0. The van der Waals surface area contributed by atoms with E-state index in [4.69, 9.17) is 5.11 Å². The average molecular weight is 289 g/mol. The fourth-order valence-corrected chi connectivity index (χ4v) is 2.63. The van der Waals surface area contributed by atoms with Crippen molar-refractivity contribution in [3.63, 3.8) is 0 Å². The van der Waals surface area contributed by atoms with E-state index in [1.165, 1.54) is 17.4 Å². The quantitative estimate of drug-likeness (QED) is 0.905. The zero-order chi connectivity index (χ0) is 14.7. The van der Waals surface area contributed by atoms with Crippen molar-refractivity contribution in [1.82, 2.24) is 0 Å². The van der Waals surface area contributed by atoms with Crippen molar-refractivity contribution in [1.29, 1.82) is 0 Å². The number of carboxylic acid groups (broad SMARTS) is 1. The number of thiophene rings is 1.